The van der Waals surface area contributed by atoms with Crippen molar-refractivity contribution >= 4 is 21.9 Å². The van der Waals surface area contributed by atoms with E-state index in [0.29, 0.717) is 6.42 Å². The Kier molecular flexibility index (Phi) is 4.40. The molecule has 1 aliphatic carbocycles. The summed E-state index contributed by atoms with van der Waals surface area (Å²) in [5, 5.41) is 12.2. The number of carbonyl (C=O) groups is 1. The van der Waals surface area contributed by atoms with E-state index in [0.717, 1.165) is 23.9 Å². The van der Waals surface area contributed by atoms with Gasteiger partial charge in [0.05, 0.1) is 0 Å². The highest BCUT2D eigenvalue weighted by Crippen LogP contribution is 2.41. The lowest BCUT2D eigenvalue weighted by Gasteiger charge is -2.43. The van der Waals surface area contributed by atoms with E-state index in [4.69, 9.17) is 5.11 Å². The van der Waals surface area contributed by atoms with Crippen LogP contribution in [0.1, 0.15) is 37.7 Å². The molecule has 0 aliphatic heterocycles. The molecule has 0 heterocycles. The van der Waals surface area contributed by atoms with Crippen LogP contribution >= 0.6 is 15.9 Å². The van der Waals surface area contributed by atoms with E-state index in [2.05, 4.69) is 39.4 Å². The molecule has 98 valence electrons. The van der Waals surface area contributed by atoms with Crippen molar-refractivity contribution in [3.8, 4) is 0 Å². The van der Waals surface area contributed by atoms with E-state index in [1.54, 1.807) is 0 Å². The van der Waals surface area contributed by atoms with Gasteiger partial charge in [-0.15, -0.1) is 0 Å². The molecule has 1 aliphatic rings. The maximum Gasteiger partial charge on any atom is 0.303 e. The summed E-state index contributed by atoms with van der Waals surface area (Å²) in [6.07, 6.45) is 4.43. The third-order valence-corrected chi connectivity index (χ3v) is 4.11. The molecule has 1 fully saturated rings. The fourth-order valence-corrected chi connectivity index (χ4v) is 2.85. The van der Waals surface area contributed by atoms with Crippen molar-refractivity contribution in [2.75, 3.05) is 6.54 Å². The van der Waals surface area contributed by atoms with Gasteiger partial charge in [0, 0.05) is 16.4 Å². The molecule has 0 saturated heterocycles. The lowest BCUT2D eigenvalue weighted by molar-refractivity contribution is -0.137. The molecule has 0 unspecified atom stereocenters. The summed E-state index contributed by atoms with van der Waals surface area (Å²) in [7, 11) is 0. The second-order valence-electron chi connectivity index (χ2n) is 4.87. The zero-order valence-electron chi connectivity index (χ0n) is 10.3. The van der Waals surface area contributed by atoms with Crippen molar-refractivity contribution < 1.29 is 9.90 Å². The summed E-state index contributed by atoms with van der Waals surface area (Å²) in [6, 6.07) is 8.39. The van der Waals surface area contributed by atoms with Crippen molar-refractivity contribution in [3.05, 3.63) is 34.3 Å². The minimum atomic E-state index is -0.720. The van der Waals surface area contributed by atoms with E-state index >= 15 is 0 Å². The second-order valence-corrected chi connectivity index (χ2v) is 5.79. The van der Waals surface area contributed by atoms with Crippen LogP contribution in [0.25, 0.3) is 0 Å². The van der Waals surface area contributed by atoms with Crippen LogP contribution in [0.4, 0.5) is 0 Å². The summed E-state index contributed by atoms with van der Waals surface area (Å²) < 4.78 is 1.10. The molecule has 0 aromatic heterocycles. The summed E-state index contributed by atoms with van der Waals surface area (Å²) >= 11 is 3.50. The third kappa shape index (κ3) is 3.12. The number of aliphatic carboxylic acids is 1. The average molecular weight is 312 g/mol. The Morgan fingerprint density at radius 2 is 2.22 bits per heavy atom. The number of carboxylic acids is 1. The van der Waals surface area contributed by atoms with Crippen molar-refractivity contribution in [2.45, 2.75) is 37.6 Å². The van der Waals surface area contributed by atoms with Crippen LogP contribution in [0, 0.1) is 0 Å². The van der Waals surface area contributed by atoms with Gasteiger partial charge < -0.3 is 10.4 Å². The molecule has 4 heteroatoms. The molecule has 0 atom stereocenters. The van der Waals surface area contributed by atoms with Gasteiger partial charge in [-0.3, -0.25) is 4.79 Å². The predicted molar refractivity (Wildman–Crippen MR) is 74.5 cm³/mol. The largest absolute Gasteiger partial charge is 0.481 e. The SMILES string of the molecule is O=C(O)CCCNC1(c2cccc(Br)c2)CCC1. The van der Waals surface area contributed by atoms with Crippen LogP contribution < -0.4 is 5.32 Å². The number of rotatable bonds is 6. The van der Waals surface area contributed by atoms with Crippen LogP contribution in [-0.4, -0.2) is 17.6 Å². The lowest BCUT2D eigenvalue weighted by Crippen LogP contribution is -2.48. The van der Waals surface area contributed by atoms with Crippen LogP contribution in [0.2, 0.25) is 0 Å². The van der Waals surface area contributed by atoms with Gasteiger partial charge in [0.25, 0.3) is 0 Å². The molecular weight excluding hydrogens is 294 g/mol. The van der Waals surface area contributed by atoms with Crippen LogP contribution in [0.3, 0.4) is 0 Å². The van der Waals surface area contributed by atoms with Crippen LogP contribution in [-0.2, 0) is 10.3 Å². The van der Waals surface area contributed by atoms with Crippen molar-refractivity contribution in [1.29, 1.82) is 0 Å². The number of carboxylic acid groups (broad SMARTS) is 1. The first kappa shape index (κ1) is 13.6. The molecule has 1 aromatic carbocycles. The van der Waals surface area contributed by atoms with Crippen molar-refractivity contribution in [1.82, 2.24) is 5.32 Å². The molecule has 0 spiro atoms. The molecule has 18 heavy (non-hydrogen) atoms. The van der Waals surface area contributed by atoms with Gasteiger partial charge in [0.1, 0.15) is 0 Å². The van der Waals surface area contributed by atoms with Gasteiger partial charge in [0.15, 0.2) is 0 Å². The van der Waals surface area contributed by atoms with Gasteiger partial charge >= 0.3 is 5.97 Å². The molecule has 0 amide bonds. The summed E-state index contributed by atoms with van der Waals surface area (Å²) in [6.45, 7) is 0.763. The lowest BCUT2D eigenvalue weighted by atomic mass is 9.72. The van der Waals surface area contributed by atoms with E-state index in [-0.39, 0.29) is 12.0 Å². The van der Waals surface area contributed by atoms with Gasteiger partial charge in [-0.05, 0) is 49.9 Å². The average Bonchev–Trinajstić information content (AvgIpc) is 2.26. The molecule has 1 aromatic rings. The summed E-state index contributed by atoms with van der Waals surface area (Å²) in [5.41, 5.74) is 1.38. The number of benzene rings is 1. The first-order valence-electron chi connectivity index (χ1n) is 6.35. The zero-order valence-corrected chi connectivity index (χ0v) is 11.9. The number of halogens is 1. The smallest absolute Gasteiger partial charge is 0.303 e. The number of hydrogen-bond acceptors (Lipinski definition) is 2. The minimum Gasteiger partial charge on any atom is -0.481 e. The standard InChI is InChI=1S/C14H18BrNO2/c15-12-5-1-4-11(10-12)14(7-3-8-14)16-9-2-6-13(17)18/h1,4-5,10,16H,2-3,6-9H2,(H,17,18). The van der Waals surface area contributed by atoms with Crippen LogP contribution in [0.15, 0.2) is 28.7 Å². The monoisotopic (exact) mass is 311 g/mol. The summed E-state index contributed by atoms with van der Waals surface area (Å²) in [4.78, 5) is 10.5. The molecular formula is C14H18BrNO2. The van der Waals surface area contributed by atoms with Gasteiger partial charge in [0.2, 0.25) is 0 Å². The molecule has 0 bridgehead atoms. The Bertz CT molecular complexity index is 430. The molecule has 2 rings (SSSR count). The maximum atomic E-state index is 10.5. The summed E-state index contributed by atoms with van der Waals surface area (Å²) in [5.74, 6) is -0.720. The van der Waals surface area contributed by atoms with E-state index in [9.17, 15) is 4.79 Å². The highest BCUT2D eigenvalue weighted by Gasteiger charge is 2.37. The van der Waals surface area contributed by atoms with E-state index < -0.39 is 5.97 Å². The van der Waals surface area contributed by atoms with Gasteiger partial charge in [-0.1, -0.05) is 28.1 Å². The first-order chi connectivity index (χ1) is 8.62. The van der Waals surface area contributed by atoms with Crippen LogP contribution in [0.5, 0.6) is 0 Å². The Morgan fingerprint density at radius 1 is 1.44 bits per heavy atom. The van der Waals surface area contributed by atoms with E-state index in [1.807, 2.05) is 6.07 Å². The Balaban J connectivity index is 1.96. The fourth-order valence-electron chi connectivity index (χ4n) is 2.45. The van der Waals surface area contributed by atoms with Gasteiger partial charge in [-0.25, -0.2) is 0 Å². The molecule has 1 saturated carbocycles. The Hall–Kier alpha value is -0.870. The molecule has 3 nitrogen and oxygen atoms in total. The second kappa shape index (κ2) is 5.85. The molecule has 0 radical (unpaired) electrons. The van der Waals surface area contributed by atoms with E-state index in [1.165, 1.54) is 12.0 Å². The number of hydrogen-bond donors (Lipinski definition) is 2. The Morgan fingerprint density at radius 3 is 2.78 bits per heavy atom. The fraction of sp³-hybridized carbons (Fsp3) is 0.500. The third-order valence-electron chi connectivity index (χ3n) is 3.62. The van der Waals surface area contributed by atoms with Crippen molar-refractivity contribution in [3.63, 3.8) is 0 Å². The topological polar surface area (TPSA) is 49.3 Å². The van der Waals surface area contributed by atoms with Crippen molar-refractivity contribution in [2.24, 2.45) is 0 Å². The molecule has 2 N–H and O–H groups in total. The van der Waals surface area contributed by atoms with Gasteiger partial charge in [-0.2, -0.15) is 0 Å². The highest BCUT2D eigenvalue weighted by molar-refractivity contribution is 9.10. The highest BCUT2D eigenvalue weighted by atomic mass is 79.9. The first-order valence-corrected chi connectivity index (χ1v) is 7.15. The Labute approximate surface area is 116 Å². The minimum absolute atomic E-state index is 0.0717. The quantitative estimate of drug-likeness (QED) is 0.793. The zero-order chi connectivity index (χ0) is 13.0. The maximum absolute atomic E-state index is 10.5. The number of nitrogens with one attached hydrogen (secondary N) is 1. The normalized spacial score (nSPS) is 17.2. The predicted octanol–water partition coefficient (Wildman–Crippen LogP) is 3.28.